The molecule has 1 aliphatic heterocycles. The molecule has 0 radical (unpaired) electrons. The van der Waals surface area contributed by atoms with E-state index in [9.17, 15) is 9.59 Å². The predicted molar refractivity (Wildman–Crippen MR) is 88.4 cm³/mol. The van der Waals surface area contributed by atoms with Gasteiger partial charge in [0.05, 0.1) is 11.8 Å². The Morgan fingerprint density at radius 1 is 1.00 bits per heavy atom. The molecule has 2 amide bonds. The van der Waals surface area contributed by atoms with Crippen molar-refractivity contribution in [3.8, 4) is 0 Å². The van der Waals surface area contributed by atoms with Crippen LogP contribution in [-0.2, 0) is 16.0 Å². The fourth-order valence-corrected chi connectivity index (χ4v) is 5.16. The van der Waals surface area contributed by atoms with E-state index in [1.54, 1.807) is 4.90 Å². The van der Waals surface area contributed by atoms with Crippen molar-refractivity contribution in [1.29, 1.82) is 0 Å². The topological polar surface area (TPSA) is 37.4 Å². The number of likely N-dealkylation sites (tertiary alicyclic amines) is 1. The Hall–Kier alpha value is -1.90. The second-order valence-electron chi connectivity index (χ2n) is 7.36. The third-order valence-corrected chi connectivity index (χ3v) is 5.99. The number of hydrogen-bond donors (Lipinski definition) is 0. The molecule has 4 atom stereocenters. The lowest BCUT2D eigenvalue weighted by Gasteiger charge is -2.19. The average Bonchev–Trinajstić information content (AvgIpc) is 3.18. The summed E-state index contributed by atoms with van der Waals surface area (Å²) in [6, 6.07) is 10.1. The van der Waals surface area contributed by atoms with E-state index in [1.807, 2.05) is 18.2 Å². The van der Waals surface area contributed by atoms with E-state index >= 15 is 0 Å². The van der Waals surface area contributed by atoms with Gasteiger partial charge in [0, 0.05) is 6.54 Å². The molecule has 0 unspecified atom stereocenters. The molecule has 1 aromatic rings. The molecule has 2 bridgehead atoms. The summed E-state index contributed by atoms with van der Waals surface area (Å²) in [5.74, 6) is 0.689. The molecule has 0 spiro atoms. The smallest absolute Gasteiger partial charge is 0.233 e. The van der Waals surface area contributed by atoms with Gasteiger partial charge in [-0.3, -0.25) is 14.5 Å². The lowest BCUT2D eigenvalue weighted by Crippen LogP contribution is -2.34. The summed E-state index contributed by atoms with van der Waals surface area (Å²) in [5, 5.41) is 0. The second kappa shape index (κ2) is 5.33. The summed E-state index contributed by atoms with van der Waals surface area (Å²) >= 11 is 0. The van der Waals surface area contributed by atoms with Crippen LogP contribution in [0.2, 0.25) is 0 Å². The van der Waals surface area contributed by atoms with Crippen LogP contribution in [0, 0.1) is 23.7 Å². The number of hydrogen-bond acceptors (Lipinski definition) is 2. The summed E-state index contributed by atoms with van der Waals surface area (Å²) < 4.78 is 0. The number of fused-ring (bicyclic) bond motifs is 5. The molecule has 120 valence electrons. The number of allylic oxidation sites excluding steroid dienone is 2. The summed E-state index contributed by atoms with van der Waals surface area (Å²) in [6.45, 7) is 4.78. The SMILES string of the molecule is CC(C)=C1[C@H]2CC[C@H]1[C@H]1C(=O)N(CCc3ccccc3)C(=O)[C@@H]12. The molecule has 2 aliphatic carbocycles. The van der Waals surface area contributed by atoms with E-state index in [1.165, 1.54) is 16.7 Å². The van der Waals surface area contributed by atoms with Crippen molar-refractivity contribution >= 4 is 11.8 Å². The van der Waals surface area contributed by atoms with Crippen LogP contribution in [0.3, 0.4) is 0 Å². The van der Waals surface area contributed by atoms with E-state index in [-0.39, 0.29) is 23.7 Å². The van der Waals surface area contributed by atoms with Crippen molar-refractivity contribution in [3.05, 3.63) is 47.0 Å². The Balaban J connectivity index is 1.55. The van der Waals surface area contributed by atoms with Gasteiger partial charge in [0.1, 0.15) is 0 Å². The van der Waals surface area contributed by atoms with Gasteiger partial charge in [0.15, 0.2) is 0 Å². The molecule has 1 heterocycles. The largest absolute Gasteiger partial charge is 0.282 e. The van der Waals surface area contributed by atoms with Crippen LogP contribution in [0.15, 0.2) is 41.5 Å². The number of amides is 2. The minimum absolute atomic E-state index is 0.0677. The van der Waals surface area contributed by atoms with Gasteiger partial charge in [-0.1, -0.05) is 41.5 Å². The fourth-order valence-electron chi connectivity index (χ4n) is 5.16. The molecule has 0 N–H and O–H groups in total. The third-order valence-electron chi connectivity index (χ3n) is 5.99. The zero-order valence-electron chi connectivity index (χ0n) is 13.8. The van der Waals surface area contributed by atoms with Crippen LogP contribution in [0.5, 0.6) is 0 Å². The van der Waals surface area contributed by atoms with Crippen molar-refractivity contribution in [2.24, 2.45) is 23.7 Å². The molecule has 3 nitrogen and oxygen atoms in total. The van der Waals surface area contributed by atoms with Gasteiger partial charge in [-0.2, -0.15) is 0 Å². The average molecular weight is 309 g/mol. The quantitative estimate of drug-likeness (QED) is 0.635. The highest BCUT2D eigenvalue weighted by Crippen LogP contribution is 2.60. The number of nitrogens with zero attached hydrogens (tertiary/aromatic N) is 1. The first-order chi connectivity index (χ1) is 11.1. The normalized spacial score (nSPS) is 31.9. The fraction of sp³-hybridized carbons (Fsp3) is 0.500. The number of benzene rings is 1. The van der Waals surface area contributed by atoms with Gasteiger partial charge in [-0.05, 0) is 50.5 Å². The van der Waals surface area contributed by atoms with Gasteiger partial charge >= 0.3 is 0 Å². The lowest BCUT2D eigenvalue weighted by atomic mass is 9.81. The Morgan fingerprint density at radius 3 is 2.09 bits per heavy atom. The van der Waals surface area contributed by atoms with Crippen LogP contribution >= 0.6 is 0 Å². The van der Waals surface area contributed by atoms with Gasteiger partial charge in [-0.25, -0.2) is 0 Å². The maximum Gasteiger partial charge on any atom is 0.233 e. The minimum atomic E-state index is -0.0677. The van der Waals surface area contributed by atoms with Crippen molar-refractivity contribution < 1.29 is 9.59 Å². The van der Waals surface area contributed by atoms with Crippen molar-refractivity contribution in [2.75, 3.05) is 6.54 Å². The molecular formula is C20H23NO2. The summed E-state index contributed by atoms with van der Waals surface area (Å²) in [7, 11) is 0. The highest BCUT2D eigenvalue weighted by molar-refractivity contribution is 6.06. The van der Waals surface area contributed by atoms with Gasteiger partial charge in [0.2, 0.25) is 11.8 Å². The Kier molecular flexibility index (Phi) is 3.40. The Bertz CT molecular complexity index is 655. The van der Waals surface area contributed by atoms with Crippen LogP contribution in [0.1, 0.15) is 32.3 Å². The summed E-state index contributed by atoms with van der Waals surface area (Å²) in [5.41, 5.74) is 3.92. The molecular weight excluding hydrogens is 286 g/mol. The highest BCUT2D eigenvalue weighted by atomic mass is 16.2. The second-order valence-corrected chi connectivity index (χ2v) is 7.36. The van der Waals surface area contributed by atoms with Crippen LogP contribution in [-0.4, -0.2) is 23.3 Å². The first-order valence-electron chi connectivity index (χ1n) is 8.66. The van der Waals surface area contributed by atoms with Crippen LogP contribution < -0.4 is 0 Å². The maximum atomic E-state index is 12.9. The zero-order chi connectivity index (χ0) is 16.1. The van der Waals surface area contributed by atoms with Crippen LogP contribution in [0.4, 0.5) is 0 Å². The van der Waals surface area contributed by atoms with E-state index in [0.29, 0.717) is 18.4 Å². The zero-order valence-corrected chi connectivity index (χ0v) is 13.8. The highest BCUT2D eigenvalue weighted by Gasteiger charge is 2.63. The first-order valence-corrected chi connectivity index (χ1v) is 8.66. The molecule has 3 aliphatic rings. The van der Waals surface area contributed by atoms with Gasteiger partial charge < -0.3 is 0 Å². The minimum Gasteiger partial charge on any atom is -0.282 e. The Morgan fingerprint density at radius 2 is 1.57 bits per heavy atom. The lowest BCUT2D eigenvalue weighted by molar-refractivity contribution is -0.140. The van der Waals surface area contributed by atoms with E-state index in [0.717, 1.165) is 19.3 Å². The molecule has 3 heteroatoms. The van der Waals surface area contributed by atoms with Crippen LogP contribution in [0.25, 0.3) is 0 Å². The number of rotatable bonds is 3. The molecule has 2 saturated carbocycles. The van der Waals surface area contributed by atoms with Crippen molar-refractivity contribution in [3.63, 3.8) is 0 Å². The predicted octanol–water partition coefficient (Wildman–Crippen LogP) is 3.21. The van der Waals surface area contributed by atoms with Gasteiger partial charge in [0.25, 0.3) is 0 Å². The van der Waals surface area contributed by atoms with Crippen molar-refractivity contribution in [1.82, 2.24) is 4.90 Å². The summed E-state index contributed by atoms with van der Waals surface area (Å²) in [4.78, 5) is 27.3. The monoisotopic (exact) mass is 309 g/mol. The van der Waals surface area contributed by atoms with E-state index < -0.39 is 0 Å². The first kappa shape index (κ1) is 14.7. The third kappa shape index (κ3) is 2.09. The van der Waals surface area contributed by atoms with E-state index in [2.05, 4.69) is 26.0 Å². The van der Waals surface area contributed by atoms with E-state index in [4.69, 9.17) is 0 Å². The molecule has 1 aromatic carbocycles. The molecule has 3 fully saturated rings. The molecule has 0 aromatic heterocycles. The number of carbonyl (C=O) groups excluding carboxylic acids is 2. The number of imide groups is 1. The number of carbonyl (C=O) groups is 2. The standard InChI is InChI=1S/C20H23NO2/c1-12(2)16-14-8-9-15(16)18-17(14)19(22)21(20(18)23)11-10-13-6-4-3-5-7-13/h3-7,14-15,17-18H,8-11H2,1-2H3/t14-,15-,17-,18-/m1/s1. The molecule has 23 heavy (non-hydrogen) atoms. The maximum absolute atomic E-state index is 12.9. The molecule has 1 saturated heterocycles. The Labute approximate surface area is 137 Å². The van der Waals surface area contributed by atoms with Gasteiger partial charge in [-0.15, -0.1) is 0 Å². The summed E-state index contributed by atoms with van der Waals surface area (Å²) in [6.07, 6.45) is 2.92. The molecule has 4 rings (SSSR count). The van der Waals surface area contributed by atoms with Crippen molar-refractivity contribution in [2.45, 2.75) is 33.1 Å².